The Labute approximate surface area is 239 Å². The van der Waals surface area contributed by atoms with Crippen molar-refractivity contribution >= 4 is 11.6 Å². The van der Waals surface area contributed by atoms with Crippen LogP contribution in [0.1, 0.15) is 36.1 Å². The number of hydrogen-bond donors (Lipinski definition) is 4. The monoisotopic (exact) mass is 561 g/mol. The number of aryl methyl sites for hydroxylation is 4. The molecule has 0 bridgehead atoms. The predicted molar refractivity (Wildman–Crippen MR) is 159 cm³/mol. The van der Waals surface area contributed by atoms with Crippen molar-refractivity contribution in [3.8, 4) is 22.8 Å². The zero-order chi connectivity index (χ0) is 29.8. The minimum atomic E-state index is -0.478. The van der Waals surface area contributed by atoms with E-state index >= 15 is 0 Å². The highest BCUT2D eigenvalue weighted by molar-refractivity contribution is 5.92. The van der Waals surface area contributed by atoms with Gasteiger partial charge in [-0.25, -0.2) is 9.79 Å². The van der Waals surface area contributed by atoms with Gasteiger partial charge in [0.05, 0.1) is 30.8 Å². The number of methoxy groups -OCH3 is 1. The molecule has 6 N–H and O–H groups in total. The number of hydrogen-bond acceptors (Lipinski definition) is 8. The minimum absolute atomic E-state index is 0.0209. The van der Waals surface area contributed by atoms with Gasteiger partial charge in [0.2, 0.25) is 0 Å². The number of benzene rings is 2. The van der Waals surface area contributed by atoms with E-state index in [9.17, 15) is 9.59 Å². The van der Waals surface area contributed by atoms with Gasteiger partial charge in [0.15, 0.2) is 11.5 Å². The quantitative estimate of drug-likeness (QED) is 0.178. The van der Waals surface area contributed by atoms with E-state index in [-0.39, 0.29) is 24.5 Å². The number of aromatic nitrogens is 2. The van der Waals surface area contributed by atoms with Gasteiger partial charge in [-0.3, -0.25) is 19.8 Å². The van der Waals surface area contributed by atoms with Crippen molar-refractivity contribution in [3.63, 3.8) is 0 Å². The first kappa shape index (κ1) is 29.5. The molecule has 0 aliphatic carbocycles. The van der Waals surface area contributed by atoms with Gasteiger partial charge < -0.3 is 25.9 Å². The molecule has 0 fully saturated rings. The summed E-state index contributed by atoms with van der Waals surface area (Å²) < 4.78 is 14.7. The van der Waals surface area contributed by atoms with Crippen LogP contribution in [0.15, 0.2) is 51.5 Å². The van der Waals surface area contributed by atoms with Crippen molar-refractivity contribution in [2.45, 2.75) is 54.1 Å². The molecule has 1 aliphatic rings. The van der Waals surface area contributed by atoms with Crippen LogP contribution in [0.2, 0.25) is 0 Å². The van der Waals surface area contributed by atoms with Crippen LogP contribution in [0.5, 0.6) is 11.5 Å². The van der Waals surface area contributed by atoms with Gasteiger partial charge in [-0.15, -0.1) is 0 Å². The maximum Gasteiger partial charge on any atom is 0.330 e. The van der Waals surface area contributed by atoms with Crippen LogP contribution < -0.4 is 43.0 Å². The van der Waals surface area contributed by atoms with E-state index in [0.29, 0.717) is 42.3 Å². The van der Waals surface area contributed by atoms with Crippen LogP contribution in [0.4, 0.5) is 5.69 Å². The summed E-state index contributed by atoms with van der Waals surface area (Å²) in [5.41, 5.74) is 15.5. The lowest BCUT2D eigenvalue weighted by Gasteiger charge is -2.25. The molecule has 0 unspecified atom stereocenters. The van der Waals surface area contributed by atoms with E-state index in [2.05, 4.69) is 22.9 Å². The van der Waals surface area contributed by atoms with Gasteiger partial charge in [0.25, 0.3) is 5.91 Å². The van der Waals surface area contributed by atoms with Crippen LogP contribution in [0, 0.1) is 20.8 Å². The fourth-order valence-electron chi connectivity index (χ4n) is 5.16. The van der Waals surface area contributed by atoms with Gasteiger partial charge in [-0.2, -0.15) is 0 Å². The Kier molecular flexibility index (Phi) is 8.87. The Bertz CT molecular complexity index is 1630. The van der Waals surface area contributed by atoms with Gasteiger partial charge in [0.1, 0.15) is 11.2 Å². The summed E-state index contributed by atoms with van der Waals surface area (Å²) in [7, 11) is 1.60. The highest BCUT2D eigenvalue weighted by atomic mass is 16.5. The molecule has 2 aromatic carbocycles. The Balaban J connectivity index is 1.87. The van der Waals surface area contributed by atoms with E-state index in [1.165, 1.54) is 0 Å². The second-order valence-corrected chi connectivity index (χ2v) is 10.1. The fraction of sp³-hybridized carbons (Fsp3) is 0.367. The lowest BCUT2D eigenvalue weighted by atomic mass is 9.97. The maximum atomic E-state index is 14.0. The lowest BCUT2D eigenvalue weighted by Crippen LogP contribution is -2.44. The van der Waals surface area contributed by atoms with Gasteiger partial charge in [0, 0.05) is 31.3 Å². The van der Waals surface area contributed by atoms with E-state index in [1.807, 2.05) is 45.9 Å². The second-order valence-electron chi connectivity index (χ2n) is 10.1. The van der Waals surface area contributed by atoms with E-state index in [1.54, 1.807) is 23.2 Å². The number of hydrazine groups is 1. The zero-order valence-electron chi connectivity index (χ0n) is 24.6. The Hall–Kier alpha value is -4.51. The average molecular weight is 562 g/mol. The summed E-state index contributed by atoms with van der Waals surface area (Å²) in [6.07, 6.45) is 0.655. The third-order valence-electron chi connectivity index (χ3n) is 7.21. The first-order valence-electron chi connectivity index (χ1n) is 13.6. The molecule has 1 amide bonds. The van der Waals surface area contributed by atoms with Crippen LogP contribution in [0.3, 0.4) is 0 Å². The van der Waals surface area contributed by atoms with Crippen LogP contribution in [-0.2, 0) is 24.3 Å². The van der Waals surface area contributed by atoms with Crippen molar-refractivity contribution in [1.82, 2.24) is 19.9 Å². The number of amides is 1. The molecule has 11 heteroatoms. The number of nitrogens with two attached hydrogens (primary N) is 2. The first-order chi connectivity index (χ1) is 19.6. The third kappa shape index (κ3) is 5.99. The van der Waals surface area contributed by atoms with Gasteiger partial charge in [-0.05, 0) is 69.9 Å². The summed E-state index contributed by atoms with van der Waals surface area (Å²) in [6.45, 7) is 10.9. The van der Waals surface area contributed by atoms with Crippen molar-refractivity contribution in [1.29, 1.82) is 0 Å². The summed E-state index contributed by atoms with van der Waals surface area (Å²) in [4.78, 5) is 31.5. The summed E-state index contributed by atoms with van der Waals surface area (Å²) in [5, 5.41) is 2.77. The molecule has 0 spiro atoms. The lowest BCUT2D eigenvalue weighted by molar-refractivity contribution is -0.117. The molecular weight excluding hydrogens is 522 g/mol. The molecule has 0 atom stereocenters. The van der Waals surface area contributed by atoms with Crippen molar-refractivity contribution < 1.29 is 14.3 Å². The molecule has 11 nitrogen and oxygen atoms in total. The molecule has 1 aliphatic heterocycles. The molecule has 3 aromatic rings. The number of carbonyl (C=O) groups is 1. The van der Waals surface area contributed by atoms with Gasteiger partial charge in [-0.1, -0.05) is 17.7 Å². The standard InChI is InChI=1S/C30H39N7O4/c1-7-41-25-14-21-8-10-36-23(22(21)15-24(25)40-6)16-26(34-28-18(3)12-17(2)13-19(28)4)37(30(36)39)11-9-33-29(38)27(31)20(5)35-32/h12-16,35H,7-11,31-32H2,1-6H3,(H,33,38)/b27-20-,34-26+. The van der Waals surface area contributed by atoms with Crippen LogP contribution >= 0.6 is 0 Å². The maximum absolute atomic E-state index is 14.0. The molecule has 218 valence electrons. The number of nitrogens with one attached hydrogen (secondary N) is 2. The summed E-state index contributed by atoms with van der Waals surface area (Å²) in [6, 6.07) is 9.98. The highest BCUT2D eigenvalue weighted by Gasteiger charge is 2.23. The molecule has 0 radical (unpaired) electrons. The SMILES string of the molecule is CCOc1cc2c(cc1OC)-c1c/c(=N\c3c(C)cc(C)cc3C)n(CCNC(=O)/C(N)=C(\C)NN)c(=O)n1CC2. The predicted octanol–water partition coefficient (Wildman–Crippen LogP) is 2.21. The van der Waals surface area contributed by atoms with E-state index in [0.717, 1.165) is 39.2 Å². The molecule has 4 rings (SSSR count). The smallest absolute Gasteiger partial charge is 0.330 e. The molecule has 1 aromatic heterocycles. The number of ether oxygens (including phenoxy) is 2. The Morgan fingerprint density at radius 1 is 1.10 bits per heavy atom. The van der Waals surface area contributed by atoms with Crippen molar-refractivity contribution in [2.75, 3.05) is 20.3 Å². The van der Waals surface area contributed by atoms with Crippen LogP contribution in [-0.4, -0.2) is 35.3 Å². The minimum Gasteiger partial charge on any atom is -0.493 e. The highest BCUT2D eigenvalue weighted by Crippen LogP contribution is 2.37. The Morgan fingerprint density at radius 2 is 1.80 bits per heavy atom. The number of fused-ring (bicyclic) bond motifs is 3. The molecular formula is C30H39N7O4. The molecule has 2 heterocycles. The van der Waals surface area contributed by atoms with Gasteiger partial charge >= 0.3 is 5.69 Å². The largest absolute Gasteiger partial charge is 0.493 e. The summed E-state index contributed by atoms with van der Waals surface area (Å²) >= 11 is 0. The molecule has 41 heavy (non-hydrogen) atoms. The van der Waals surface area contributed by atoms with Crippen LogP contribution in [0.25, 0.3) is 11.3 Å². The van der Waals surface area contributed by atoms with E-state index in [4.69, 9.17) is 26.0 Å². The molecule has 0 saturated heterocycles. The third-order valence-corrected chi connectivity index (χ3v) is 7.21. The molecule has 0 saturated carbocycles. The Morgan fingerprint density at radius 3 is 2.44 bits per heavy atom. The number of nitrogens with zero attached hydrogens (tertiary/aromatic N) is 3. The second kappa shape index (κ2) is 12.3. The normalized spacial score (nSPS) is 13.2. The first-order valence-corrected chi connectivity index (χ1v) is 13.6. The van der Waals surface area contributed by atoms with Crippen molar-refractivity contribution in [3.05, 3.63) is 80.0 Å². The zero-order valence-corrected chi connectivity index (χ0v) is 24.6. The fourth-order valence-corrected chi connectivity index (χ4v) is 5.16. The van der Waals surface area contributed by atoms with Crippen molar-refractivity contribution in [2.24, 2.45) is 16.6 Å². The summed E-state index contributed by atoms with van der Waals surface area (Å²) in [5.74, 6) is 6.17. The number of rotatable bonds is 9. The van der Waals surface area contributed by atoms with E-state index < -0.39 is 5.91 Å². The topological polar surface area (TPSA) is 151 Å². The number of allylic oxidation sites excluding steroid dienone is 1. The number of carbonyl (C=O) groups excluding carboxylic acids is 1. The average Bonchev–Trinajstić information content (AvgIpc) is 2.94.